The Balaban J connectivity index is 1.14. The van der Waals surface area contributed by atoms with Crippen LogP contribution >= 0.6 is 0 Å². The normalized spacial score (nSPS) is 23.5. The summed E-state index contributed by atoms with van der Waals surface area (Å²) in [5.41, 5.74) is 0.427. The Bertz CT molecular complexity index is 1450. The van der Waals surface area contributed by atoms with E-state index < -0.39 is 11.6 Å². The molecule has 0 amide bonds. The first-order valence-corrected chi connectivity index (χ1v) is 13.5. The number of benzene rings is 3. The monoisotopic (exact) mass is 518 g/mol. The van der Waals surface area contributed by atoms with Crippen LogP contribution in [0.15, 0.2) is 72.8 Å². The van der Waals surface area contributed by atoms with Gasteiger partial charge in [0.1, 0.15) is 17.6 Å². The highest BCUT2D eigenvalue weighted by Gasteiger charge is 2.54. The fourth-order valence-corrected chi connectivity index (χ4v) is 6.65. The highest BCUT2D eigenvalue weighted by molar-refractivity contribution is 5.88. The molecule has 2 bridgehead atoms. The lowest BCUT2D eigenvalue weighted by Gasteiger charge is -2.35. The second-order valence-corrected chi connectivity index (χ2v) is 10.7. The lowest BCUT2D eigenvalue weighted by atomic mass is 9.83. The molecular formula is C33H30N2O4. The largest absolute Gasteiger partial charge is 0.459 e. The molecule has 2 unspecified atom stereocenters. The molecule has 1 heterocycles. The Labute approximate surface area is 228 Å². The van der Waals surface area contributed by atoms with Gasteiger partial charge in [-0.15, -0.1) is 0 Å². The van der Waals surface area contributed by atoms with E-state index in [1.807, 2.05) is 24.3 Å². The average molecular weight is 519 g/mol. The molecule has 2 fully saturated rings. The summed E-state index contributed by atoms with van der Waals surface area (Å²) in [6.45, 7) is 0.823. The molecule has 2 saturated carbocycles. The van der Waals surface area contributed by atoms with Crippen LogP contribution in [0.25, 0.3) is 0 Å². The lowest BCUT2D eigenvalue weighted by Crippen LogP contribution is -2.44. The van der Waals surface area contributed by atoms with Gasteiger partial charge in [-0.25, -0.2) is 4.79 Å². The number of esters is 1. The van der Waals surface area contributed by atoms with E-state index in [4.69, 9.17) is 14.7 Å². The molecule has 6 nitrogen and oxygen atoms in total. The molecule has 3 aromatic carbocycles. The zero-order chi connectivity index (χ0) is 27.0. The molecule has 4 atom stereocenters. The van der Waals surface area contributed by atoms with E-state index in [0.29, 0.717) is 40.1 Å². The summed E-state index contributed by atoms with van der Waals surface area (Å²) in [5, 5.41) is 20.9. The minimum absolute atomic E-state index is 0.226. The third-order valence-corrected chi connectivity index (χ3v) is 8.48. The topological polar surface area (TPSA) is 82.8 Å². The van der Waals surface area contributed by atoms with Crippen molar-refractivity contribution in [3.05, 3.63) is 95.1 Å². The van der Waals surface area contributed by atoms with Gasteiger partial charge in [-0.2, -0.15) is 5.26 Å². The Morgan fingerprint density at radius 3 is 2.33 bits per heavy atom. The highest BCUT2D eigenvalue weighted by atomic mass is 16.6. The van der Waals surface area contributed by atoms with Crippen molar-refractivity contribution in [2.75, 3.05) is 13.6 Å². The van der Waals surface area contributed by atoms with Crippen molar-refractivity contribution in [2.45, 2.75) is 43.4 Å². The van der Waals surface area contributed by atoms with Crippen LogP contribution in [0.2, 0.25) is 0 Å². The molecule has 196 valence electrons. The molecule has 6 rings (SSSR count). The van der Waals surface area contributed by atoms with Gasteiger partial charge >= 0.3 is 5.97 Å². The summed E-state index contributed by atoms with van der Waals surface area (Å²) in [5.74, 6) is 7.39. The number of carbonyl (C=O) groups is 1. The molecule has 2 aliphatic carbocycles. The highest BCUT2D eigenvalue weighted by Crippen LogP contribution is 2.51. The molecule has 0 aromatic heterocycles. The first-order chi connectivity index (χ1) is 19.0. The molecule has 39 heavy (non-hydrogen) atoms. The lowest BCUT2D eigenvalue weighted by molar-refractivity contribution is -0.171. The van der Waals surface area contributed by atoms with Crippen molar-refractivity contribution in [2.24, 2.45) is 11.8 Å². The van der Waals surface area contributed by atoms with Crippen LogP contribution < -0.4 is 4.74 Å². The zero-order valence-electron chi connectivity index (χ0n) is 21.8. The second-order valence-electron chi connectivity index (χ2n) is 10.7. The number of rotatable bonds is 5. The van der Waals surface area contributed by atoms with Crippen LogP contribution in [0, 0.1) is 35.0 Å². The maximum absolute atomic E-state index is 13.8. The molecule has 1 aliphatic heterocycles. The molecule has 3 aromatic rings. The number of para-hydroxylation sites is 2. The van der Waals surface area contributed by atoms with Crippen LogP contribution in [0.5, 0.6) is 11.5 Å². The van der Waals surface area contributed by atoms with Gasteiger partial charge in [0.15, 0.2) is 0 Å². The van der Waals surface area contributed by atoms with E-state index in [1.54, 1.807) is 48.5 Å². The van der Waals surface area contributed by atoms with Gasteiger partial charge in [-0.1, -0.05) is 48.2 Å². The number of aliphatic hydroxyl groups is 1. The number of nitrogens with zero attached hydrogens (tertiary/aromatic N) is 2. The van der Waals surface area contributed by atoms with Crippen LogP contribution in [0.1, 0.15) is 47.9 Å². The maximum Gasteiger partial charge on any atom is 0.348 e. The molecule has 0 spiro atoms. The molecule has 6 heteroatoms. The SMILES string of the molecule is CN(CCC#Cc1ccc(C#N)cc1)C1C2CC[C@@H]1[C@H](OC(=O)C1(O)c3ccccc3Oc3ccccc31)C2. The zero-order valence-corrected chi connectivity index (χ0v) is 21.8. The minimum atomic E-state index is -1.92. The van der Waals surface area contributed by atoms with E-state index in [1.165, 1.54) is 0 Å². The molecule has 0 radical (unpaired) electrons. The van der Waals surface area contributed by atoms with Gasteiger partial charge in [-0.05, 0) is 68.6 Å². The number of carbonyl (C=O) groups excluding carboxylic acids is 1. The van der Waals surface area contributed by atoms with Gasteiger partial charge in [0.25, 0.3) is 0 Å². The fraction of sp³-hybridized carbons (Fsp3) is 0.333. The van der Waals surface area contributed by atoms with E-state index in [9.17, 15) is 9.90 Å². The molecule has 1 N–H and O–H groups in total. The first-order valence-electron chi connectivity index (χ1n) is 13.5. The van der Waals surface area contributed by atoms with Crippen molar-refractivity contribution in [3.63, 3.8) is 0 Å². The second kappa shape index (κ2) is 10.2. The third-order valence-electron chi connectivity index (χ3n) is 8.48. The van der Waals surface area contributed by atoms with E-state index in [0.717, 1.165) is 37.8 Å². The van der Waals surface area contributed by atoms with E-state index >= 15 is 0 Å². The number of fused-ring (bicyclic) bond motifs is 4. The van der Waals surface area contributed by atoms with Crippen LogP contribution in [0.4, 0.5) is 0 Å². The average Bonchev–Trinajstić information content (AvgIpc) is 3.54. The summed E-state index contributed by atoms with van der Waals surface area (Å²) < 4.78 is 12.1. The predicted molar refractivity (Wildman–Crippen MR) is 146 cm³/mol. The van der Waals surface area contributed by atoms with E-state index in [2.05, 4.69) is 29.9 Å². The van der Waals surface area contributed by atoms with Crippen molar-refractivity contribution in [1.82, 2.24) is 4.90 Å². The Morgan fingerprint density at radius 1 is 1.03 bits per heavy atom. The summed E-state index contributed by atoms with van der Waals surface area (Å²) in [6.07, 6.45) is 3.42. The maximum atomic E-state index is 13.8. The number of hydrogen-bond donors (Lipinski definition) is 1. The predicted octanol–water partition coefficient (Wildman–Crippen LogP) is 4.98. The minimum Gasteiger partial charge on any atom is -0.459 e. The molecule has 0 saturated heterocycles. The van der Waals surface area contributed by atoms with Crippen molar-refractivity contribution < 1.29 is 19.4 Å². The van der Waals surface area contributed by atoms with Crippen LogP contribution in [-0.4, -0.2) is 41.7 Å². The molecule has 3 aliphatic rings. The third kappa shape index (κ3) is 4.46. The number of hydrogen-bond acceptors (Lipinski definition) is 6. The Hall–Kier alpha value is -4.10. The van der Waals surface area contributed by atoms with Gasteiger partial charge in [0.2, 0.25) is 5.60 Å². The standard InChI is InChI=1S/C33H30N2O4/c1-35(19-7-6-8-22-13-15-23(21-34)16-14-22)31-24-17-18-25(31)30(20-24)39-32(36)33(37)26-9-2-4-11-28(26)38-29-12-5-3-10-27(29)33/h2-5,9-16,24-25,30-31,37H,7,17-20H2,1H3/t24?,25-,30-,31?/m1/s1. The van der Waals surface area contributed by atoms with Crippen molar-refractivity contribution in [1.29, 1.82) is 5.26 Å². The quantitative estimate of drug-likeness (QED) is 0.379. The van der Waals surface area contributed by atoms with Gasteiger partial charge < -0.3 is 19.5 Å². The van der Waals surface area contributed by atoms with E-state index in [-0.39, 0.29) is 12.0 Å². The fourth-order valence-electron chi connectivity index (χ4n) is 6.65. The summed E-state index contributed by atoms with van der Waals surface area (Å²) in [4.78, 5) is 16.1. The summed E-state index contributed by atoms with van der Waals surface area (Å²) in [6, 6.07) is 23.9. The Morgan fingerprint density at radius 2 is 1.67 bits per heavy atom. The van der Waals surface area contributed by atoms with Crippen molar-refractivity contribution >= 4 is 5.97 Å². The van der Waals surface area contributed by atoms with Gasteiger partial charge in [0.05, 0.1) is 11.6 Å². The Kier molecular flexibility index (Phi) is 6.61. The summed E-state index contributed by atoms with van der Waals surface area (Å²) >= 11 is 0. The number of nitriles is 1. The summed E-state index contributed by atoms with van der Waals surface area (Å²) in [7, 11) is 2.13. The molecular weight excluding hydrogens is 488 g/mol. The van der Waals surface area contributed by atoms with Crippen LogP contribution in [0.3, 0.4) is 0 Å². The van der Waals surface area contributed by atoms with Gasteiger partial charge in [-0.3, -0.25) is 0 Å². The van der Waals surface area contributed by atoms with Crippen molar-refractivity contribution in [3.8, 4) is 29.4 Å². The number of ether oxygens (including phenoxy) is 2. The first kappa shape index (κ1) is 25.2. The van der Waals surface area contributed by atoms with Gasteiger partial charge in [0, 0.05) is 41.6 Å². The smallest absolute Gasteiger partial charge is 0.348 e. The van der Waals surface area contributed by atoms with Crippen LogP contribution in [-0.2, 0) is 15.1 Å².